The molecule has 4 rings (SSSR count). The van der Waals surface area contributed by atoms with E-state index in [1.807, 2.05) is 6.07 Å². The Morgan fingerprint density at radius 2 is 1.91 bits per heavy atom. The standard InChI is InChI=1S/C27H30N4O3/c1-30-16-17-31(24(19-30)21-8-3-2-4-9-21)15-7-14-29-27(32)26-13-12-23(34-26)20-33-25-11-6-5-10-22(25)18-28/h2-6,8-13,24H,7,14-17,19-20H2,1H3,(H,29,32). The van der Waals surface area contributed by atoms with Gasteiger partial charge in [-0.15, -0.1) is 0 Å². The SMILES string of the molecule is CN1CCN(CCCNC(=O)c2ccc(COc3ccccc3C#N)o2)C(c2ccccc2)C1. The summed E-state index contributed by atoms with van der Waals surface area (Å²) in [5.41, 5.74) is 1.79. The Hall–Kier alpha value is -3.60. The summed E-state index contributed by atoms with van der Waals surface area (Å²) in [4.78, 5) is 17.4. The molecule has 1 unspecified atom stereocenters. The van der Waals surface area contributed by atoms with Crippen LogP contribution in [-0.4, -0.2) is 55.5 Å². The largest absolute Gasteiger partial charge is 0.484 e. The van der Waals surface area contributed by atoms with Crippen LogP contribution in [0.5, 0.6) is 5.75 Å². The van der Waals surface area contributed by atoms with Crippen molar-refractivity contribution in [2.75, 3.05) is 39.8 Å². The first-order valence-electron chi connectivity index (χ1n) is 11.6. The highest BCUT2D eigenvalue weighted by Crippen LogP contribution is 2.24. The molecule has 176 valence electrons. The summed E-state index contributed by atoms with van der Waals surface area (Å²) in [7, 11) is 2.17. The zero-order chi connectivity index (χ0) is 23.8. The van der Waals surface area contributed by atoms with Crippen LogP contribution in [0.15, 0.2) is 71.1 Å². The molecule has 1 saturated heterocycles. The number of para-hydroxylation sites is 1. The van der Waals surface area contributed by atoms with E-state index >= 15 is 0 Å². The van der Waals surface area contributed by atoms with Gasteiger partial charge < -0.3 is 19.4 Å². The average Bonchev–Trinajstić information content (AvgIpc) is 3.36. The minimum Gasteiger partial charge on any atom is -0.484 e. The van der Waals surface area contributed by atoms with Gasteiger partial charge >= 0.3 is 0 Å². The van der Waals surface area contributed by atoms with Crippen LogP contribution in [0.3, 0.4) is 0 Å². The van der Waals surface area contributed by atoms with Gasteiger partial charge in [0, 0.05) is 38.8 Å². The molecule has 0 aliphatic carbocycles. The number of ether oxygens (including phenoxy) is 1. The van der Waals surface area contributed by atoms with Crippen LogP contribution in [0.1, 0.15) is 39.9 Å². The Kier molecular flexibility index (Phi) is 7.97. The number of nitrogens with zero attached hydrogens (tertiary/aromatic N) is 3. The smallest absolute Gasteiger partial charge is 0.286 e. The minimum absolute atomic E-state index is 0.149. The fourth-order valence-corrected chi connectivity index (χ4v) is 4.20. The van der Waals surface area contributed by atoms with Crippen LogP contribution in [0.25, 0.3) is 0 Å². The van der Waals surface area contributed by atoms with E-state index in [2.05, 4.69) is 52.5 Å². The zero-order valence-electron chi connectivity index (χ0n) is 19.4. The Labute approximate surface area is 200 Å². The van der Waals surface area contributed by atoms with E-state index in [0.29, 0.717) is 29.7 Å². The van der Waals surface area contributed by atoms with Gasteiger partial charge in [0.1, 0.15) is 24.2 Å². The molecule has 1 amide bonds. The number of nitrogens with one attached hydrogen (secondary N) is 1. The van der Waals surface area contributed by atoms with Crippen molar-refractivity contribution < 1.29 is 13.9 Å². The molecule has 2 heterocycles. The molecule has 7 heteroatoms. The molecule has 1 N–H and O–H groups in total. The van der Waals surface area contributed by atoms with E-state index in [-0.39, 0.29) is 18.3 Å². The van der Waals surface area contributed by atoms with Crippen molar-refractivity contribution >= 4 is 5.91 Å². The van der Waals surface area contributed by atoms with E-state index in [1.54, 1.807) is 36.4 Å². The van der Waals surface area contributed by atoms with Crippen molar-refractivity contribution in [2.24, 2.45) is 0 Å². The lowest BCUT2D eigenvalue weighted by atomic mass is 10.0. The summed E-state index contributed by atoms with van der Waals surface area (Å²) in [6, 6.07) is 23.5. The monoisotopic (exact) mass is 458 g/mol. The van der Waals surface area contributed by atoms with Crippen LogP contribution in [0.2, 0.25) is 0 Å². The van der Waals surface area contributed by atoms with Crippen LogP contribution in [-0.2, 0) is 6.61 Å². The van der Waals surface area contributed by atoms with Gasteiger partial charge in [-0.05, 0) is 43.3 Å². The van der Waals surface area contributed by atoms with E-state index in [1.165, 1.54) is 5.56 Å². The number of amides is 1. The van der Waals surface area contributed by atoms with Gasteiger partial charge in [0.05, 0.1) is 5.56 Å². The highest BCUT2D eigenvalue weighted by molar-refractivity contribution is 5.91. The molecule has 1 aliphatic rings. The van der Waals surface area contributed by atoms with Gasteiger partial charge in [-0.3, -0.25) is 9.69 Å². The molecule has 0 radical (unpaired) electrons. The summed E-state index contributed by atoms with van der Waals surface area (Å²) in [6.07, 6.45) is 0.862. The number of nitriles is 1. The second-order valence-electron chi connectivity index (χ2n) is 8.50. The highest BCUT2D eigenvalue weighted by Gasteiger charge is 2.26. The van der Waals surface area contributed by atoms with Gasteiger partial charge in [-0.2, -0.15) is 5.26 Å². The van der Waals surface area contributed by atoms with Crippen molar-refractivity contribution in [2.45, 2.75) is 19.1 Å². The van der Waals surface area contributed by atoms with Gasteiger partial charge in [-0.25, -0.2) is 0 Å². The predicted octanol–water partition coefficient (Wildman–Crippen LogP) is 3.84. The summed E-state index contributed by atoms with van der Waals surface area (Å²) in [5.74, 6) is 1.04. The lowest BCUT2D eigenvalue weighted by molar-refractivity contribution is 0.0856. The number of rotatable bonds is 9. The van der Waals surface area contributed by atoms with Gasteiger partial charge in [-0.1, -0.05) is 42.5 Å². The molecule has 0 saturated carbocycles. The number of hydrogen-bond donors (Lipinski definition) is 1. The van der Waals surface area contributed by atoms with Crippen LogP contribution >= 0.6 is 0 Å². The van der Waals surface area contributed by atoms with E-state index in [9.17, 15) is 4.79 Å². The Morgan fingerprint density at radius 1 is 1.12 bits per heavy atom. The van der Waals surface area contributed by atoms with Gasteiger partial charge in [0.2, 0.25) is 0 Å². The number of benzene rings is 2. The number of carbonyl (C=O) groups excluding carboxylic acids is 1. The van der Waals surface area contributed by atoms with E-state index < -0.39 is 0 Å². The first kappa shape index (κ1) is 23.6. The quantitative estimate of drug-likeness (QED) is 0.491. The first-order valence-corrected chi connectivity index (χ1v) is 11.6. The summed E-state index contributed by atoms with van der Waals surface area (Å²) >= 11 is 0. The minimum atomic E-state index is -0.235. The first-order chi connectivity index (χ1) is 16.6. The number of hydrogen-bond acceptors (Lipinski definition) is 6. The average molecular weight is 459 g/mol. The van der Waals surface area contributed by atoms with Gasteiger partial charge in [0.15, 0.2) is 5.76 Å². The molecule has 1 aromatic heterocycles. The Morgan fingerprint density at radius 3 is 2.74 bits per heavy atom. The maximum atomic E-state index is 12.5. The van der Waals surface area contributed by atoms with Gasteiger partial charge in [0.25, 0.3) is 5.91 Å². The normalized spacial score (nSPS) is 16.6. The maximum Gasteiger partial charge on any atom is 0.286 e. The van der Waals surface area contributed by atoms with Crippen molar-refractivity contribution in [1.29, 1.82) is 5.26 Å². The predicted molar refractivity (Wildman–Crippen MR) is 129 cm³/mol. The topological polar surface area (TPSA) is 81.7 Å². The van der Waals surface area contributed by atoms with E-state index in [0.717, 1.165) is 32.6 Å². The molecule has 0 bridgehead atoms. The second kappa shape index (κ2) is 11.5. The van der Waals surface area contributed by atoms with Crippen LogP contribution in [0.4, 0.5) is 0 Å². The fraction of sp³-hybridized carbons (Fsp3) is 0.333. The van der Waals surface area contributed by atoms with Crippen molar-refractivity contribution in [1.82, 2.24) is 15.1 Å². The maximum absolute atomic E-state index is 12.5. The van der Waals surface area contributed by atoms with Crippen molar-refractivity contribution in [3.63, 3.8) is 0 Å². The molecule has 1 fully saturated rings. The van der Waals surface area contributed by atoms with Crippen molar-refractivity contribution in [3.8, 4) is 11.8 Å². The number of furan rings is 1. The molecule has 1 atom stereocenters. The number of carbonyl (C=O) groups is 1. The molecule has 1 aliphatic heterocycles. The molecule has 34 heavy (non-hydrogen) atoms. The summed E-state index contributed by atoms with van der Waals surface area (Å²) in [5, 5.41) is 12.1. The molecular weight excluding hydrogens is 428 g/mol. The fourth-order valence-electron chi connectivity index (χ4n) is 4.20. The lowest BCUT2D eigenvalue weighted by Gasteiger charge is -2.40. The van der Waals surface area contributed by atoms with Crippen LogP contribution in [0, 0.1) is 11.3 Å². The zero-order valence-corrected chi connectivity index (χ0v) is 19.4. The summed E-state index contributed by atoms with van der Waals surface area (Å²) < 4.78 is 11.3. The third kappa shape index (κ3) is 6.04. The Balaban J connectivity index is 1.23. The highest BCUT2D eigenvalue weighted by atomic mass is 16.5. The summed E-state index contributed by atoms with van der Waals surface area (Å²) in [6.45, 7) is 4.72. The Bertz CT molecular complexity index is 1120. The lowest BCUT2D eigenvalue weighted by Crippen LogP contribution is -2.47. The van der Waals surface area contributed by atoms with Crippen molar-refractivity contribution in [3.05, 3.63) is 89.4 Å². The molecule has 2 aromatic carbocycles. The third-order valence-corrected chi connectivity index (χ3v) is 6.05. The number of piperazine rings is 1. The molecular formula is C27H30N4O3. The molecule has 7 nitrogen and oxygen atoms in total. The molecule has 3 aromatic rings. The molecule has 0 spiro atoms. The third-order valence-electron chi connectivity index (χ3n) is 6.05. The second-order valence-corrected chi connectivity index (χ2v) is 8.50. The number of likely N-dealkylation sites (N-methyl/N-ethyl adjacent to an activating group) is 1. The van der Waals surface area contributed by atoms with Crippen LogP contribution < -0.4 is 10.1 Å². The van der Waals surface area contributed by atoms with E-state index in [4.69, 9.17) is 14.4 Å².